The molecule has 1 fully saturated rings. The Hall–Kier alpha value is -1.79. The molecule has 6 nitrogen and oxygen atoms in total. The van der Waals surface area contributed by atoms with E-state index in [4.69, 9.17) is 4.74 Å². The summed E-state index contributed by atoms with van der Waals surface area (Å²) in [4.78, 5) is 25.5. The molecule has 1 heterocycles. The van der Waals surface area contributed by atoms with Gasteiger partial charge in [-0.25, -0.2) is 0 Å². The van der Waals surface area contributed by atoms with E-state index in [1.807, 2.05) is 18.2 Å². The molecule has 2 N–H and O–H groups in total. The highest BCUT2D eigenvalue weighted by Crippen LogP contribution is 2.10. The van der Waals surface area contributed by atoms with Crippen molar-refractivity contribution in [2.24, 2.45) is 0 Å². The fourth-order valence-electron chi connectivity index (χ4n) is 2.41. The molecule has 0 aliphatic carbocycles. The van der Waals surface area contributed by atoms with E-state index in [2.05, 4.69) is 10.6 Å². The van der Waals surface area contributed by atoms with Crippen molar-refractivity contribution in [2.75, 3.05) is 33.3 Å². The zero-order valence-corrected chi connectivity index (χ0v) is 14.1. The zero-order valence-electron chi connectivity index (χ0n) is 13.3. The van der Waals surface area contributed by atoms with Crippen LogP contribution >= 0.6 is 12.4 Å². The second-order valence-corrected chi connectivity index (χ2v) is 5.36. The van der Waals surface area contributed by atoms with Gasteiger partial charge in [0.05, 0.1) is 6.54 Å². The Morgan fingerprint density at radius 1 is 1.26 bits per heavy atom. The molecule has 1 aromatic carbocycles. The van der Waals surface area contributed by atoms with Crippen molar-refractivity contribution in [3.05, 3.63) is 30.3 Å². The Kier molecular flexibility index (Phi) is 8.43. The highest BCUT2D eigenvalue weighted by Gasteiger charge is 2.21. The van der Waals surface area contributed by atoms with E-state index in [0.717, 1.165) is 25.9 Å². The molecule has 1 saturated heterocycles. The third kappa shape index (κ3) is 6.46. The van der Waals surface area contributed by atoms with Crippen LogP contribution in [-0.4, -0.2) is 56.0 Å². The Balaban J connectivity index is 0.00000264. The Bertz CT molecular complexity index is 493. The lowest BCUT2D eigenvalue weighted by Gasteiger charge is -2.31. The number of piperidine rings is 1. The number of hydrogen-bond acceptors (Lipinski definition) is 4. The fraction of sp³-hybridized carbons (Fsp3) is 0.500. The van der Waals surface area contributed by atoms with Gasteiger partial charge < -0.3 is 20.3 Å². The summed E-state index contributed by atoms with van der Waals surface area (Å²) in [7, 11) is 1.80. The van der Waals surface area contributed by atoms with E-state index in [1.165, 1.54) is 0 Å². The summed E-state index contributed by atoms with van der Waals surface area (Å²) in [6.45, 7) is 1.78. The first-order valence-electron chi connectivity index (χ1n) is 7.58. The number of ether oxygens (including phenoxy) is 1. The number of hydrogen-bond donors (Lipinski definition) is 2. The van der Waals surface area contributed by atoms with Crippen molar-refractivity contribution in [3.8, 4) is 5.75 Å². The molecule has 0 bridgehead atoms. The Labute approximate surface area is 143 Å². The van der Waals surface area contributed by atoms with Crippen molar-refractivity contribution in [3.63, 3.8) is 0 Å². The molecule has 23 heavy (non-hydrogen) atoms. The van der Waals surface area contributed by atoms with Gasteiger partial charge in [-0.05, 0) is 38.1 Å². The number of likely N-dealkylation sites (N-methyl/N-ethyl adjacent to an activating group) is 1. The van der Waals surface area contributed by atoms with E-state index < -0.39 is 0 Å². The lowest BCUT2D eigenvalue weighted by Crippen LogP contribution is -2.47. The van der Waals surface area contributed by atoms with Crippen LogP contribution in [0.25, 0.3) is 0 Å². The third-order valence-corrected chi connectivity index (χ3v) is 3.80. The number of carbonyl (C=O) groups excluding carboxylic acids is 2. The van der Waals surface area contributed by atoms with E-state index in [1.54, 1.807) is 24.1 Å². The molecule has 2 amide bonds. The average Bonchev–Trinajstić information content (AvgIpc) is 2.58. The van der Waals surface area contributed by atoms with Gasteiger partial charge in [-0.15, -0.1) is 12.4 Å². The van der Waals surface area contributed by atoms with Crippen LogP contribution in [0.2, 0.25) is 0 Å². The molecule has 0 spiro atoms. The van der Waals surface area contributed by atoms with E-state index in [0.29, 0.717) is 5.75 Å². The first-order valence-corrected chi connectivity index (χ1v) is 7.58. The van der Waals surface area contributed by atoms with Gasteiger partial charge in [-0.3, -0.25) is 9.59 Å². The number of amides is 2. The highest BCUT2D eigenvalue weighted by atomic mass is 35.5. The van der Waals surface area contributed by atoms with Crippen LogP contribution in [0.1, 0.15) is 12.8 Å². The summed E-state index contributed by atoms with van der Waals surface area (Å²) in [6.07, 6.45) is 1.90. The SMILES string of the molecule is CN(C(=O)CNC(=O)COc1ccccc1)C1CCNCC1.Cl. The number of halogens is 1. The van der Waals surface area contributed by atoms with Gasteiger partial charge in [0, 0.05) is 13.1 Å². The number of carbonyl (C=O) groups is 2. The van der Waals surface area contributed by atoms with Gasteiger partial charge in [-0.1, -0.05) is 18.2 Å². The maximum absolute atomic E-state index is 12.1. The normalized spacial score (nSPS) is 14.5. The molecule has 1 aromatic rings. The highest BCUT2D eigenvalue weighted by molar-refractivity contribution is 5.85. The predicted molar refractivity (Wildman–Crippen MR) is 90.9 cm³/mol. The average molecular weight is 342 g/mol. The number of nitrogens with one attached hydrogen (secondary N) is 2. The molecule has 0 aromatic heterocycles. The quantitative estimate of drug-likeness (QED) is 0.803. The first-order chi connectivity index (χ1) is 10.7. The van der Waals surface area contributed by atoms with E-state index in [9.17, 15) is 9.59 Å². The van der Waals surface area contributed by atoms with Crippen LogP contribution in [0, 0.1) is 0 Å². The third-order valence-electron chi connectivity index (χ3n) is 3.80. The van der Waals surface area contributed by atoms with Gasteiger partial charge in [-0.2, -0.15) is 0 Å². The Morgan fingerprint density at radius 2 is 1.91 bits per heavy atom. The second-order valence-electron chi connectivity index (χ2n) is 5.36. The Morgan fingerprint density at radius 3 is 2.57 bits per heavy atom. The van der Waals surface area contributed by atoms with Gasteiger partial charge in [0.1, 0.15) is 5.75 Å². The smallest absolute Gasteiger partial charge is 0.258 e. The van der Waals surface area contributed by atoms with Crippen LogP contribution in [0.4, 0.5) is 0 Å². The number of benzene rings is 1. The van der Waals surface area contributed by atoms with Crippen LogP contribution < -0.4 is 15.4 Å². The summed E-state index contributed by atoms with van der Waals surface area (Å²) in [5.41, 5.74) is 0. The van der Waals surface area contributed by atoms with Gasteiger partial charge in [0.15, 0.2) is 6.61 Å². The topological polar surface area (TPSA) is 70.7 Å². The molecule has 0 atom stereocenters. The van der Waals surface area contributed by atoms with Gasteiger partial charge >= 0.3 is 0 Å². The molecular formula is C16H24ClN3O3. The van der Waals surface area contributed by atoms with E-state index in [-0.39, 0.29) is 43.4 Å². The zero-order chi connectivity index (χ0) is 15.8. The summed E-state index contributed by atoms with van der Waals surface area (Å²) in [5.74, 6) is 0.270. The molecule has 1 aliphatic rings. The molecule has 0 saturated carbocycles. The van der Waals surface area contributed by atoms with Crippen LogP contribution in [0.15, 0.2) is 30.3 Å². The largest absolute Gasteiger partial charge is 0.484 e. The summed E-state index contributed by atoms with van der Waals surface area (Å²) >= 11 is 0. The molecule has 7 heteroatoms. The van der Waals surface area contributed by atoms with Crippen LogP contribution in [0.3, 0.4) is 0 Å². The number of nitrogens with zero attached hydrogens (tertiary/aromatic N) is 1. The minimum Gasteiger partial charge on any atom is -0.484 e. The lowest BCUT2D eigenvalue weighted by molar-refractivity contribution is -0.134. The number of rotatable bonds is 6. The van der Waals surface area contributed by atoms with Crippen molar-refractivity contribution < 1.29 is 14.3 Å². The summed E-state index contributed by atoms with van der Waals surface area (Å²) < 4.78 is 5.33. The molecule has 0 unspecified atom stereocenters. The molecule has 2 rings (SSSR count). The maximum Gasteiger partial charge on any atom is 0.258 e. The predicted octanol–water partition coefficient (Wildman–Crippen LogP) is 0.814. The fourth-order valence-corrected chi connectivity index (χ4v) is 2.41. The minimum atomic E-state index is -0.295. The minimum absolute atomic E-state index is 0. The van der Waals surface area contributed by atoms with E-state index >= 15 is 0 Å². The van der Waals surface area contributed by atoms with Crippen LogP contribution in [-0.2, 0) is 9.59 Å². The van der Waals surface area contributed by atoms with Crippen molar-refractivity contribution in [2.45, 2.75) is 18.9 Å². The monoisotopic (exact) mass is 341 g/mol. The summed E-state index contributed by atoms with van der Waals surface area (Å²) in [5, 5.41) is 5.87. The molecule has 0 radical (unpaired) electrons. The van der Waals surface area contributed by atoms with Crippen molar-refractivity contribution in [1.29, 1.82) is 0 Å². The van der Waals surface area contributed by atoms with Gasteiger partial charge in [0.2, 0.25) is 5.91 Å². The molecule has 128 valence electrons. The van der Waals surface area contributed by atoms with Crippen LogP contribution in [0.5, 0.6) is 5.75 Å². The standard InChI is InChI=1S/C16H23N3O3.ClH/c1-19(13-7-9-17-10-8-13)16(21)11-18-15(20)12-22-14-5-3-2-4-6-14;/h2-6,13,17H,7-12H2,1H3,(H,18,20);1H. The summed E-state index contributed by atoms with van der Waals surface area (Å²) in [6, 6.07) is 9.37. The van der Waals surface area contributed by atoms with Crippen molar-refractivity contribution in [1.82, 2.24) is 15.5 Å². The number of para-hydroxylation sites is 1. The molecule has 1 aliphatic heterocycles. The maximum atomic E-state index is 12.1. The molecular weight excluding hydrogens is 318 g/mol. The lowest BCUT2D eigenvalue weighted by atomic mass is 10.1. The van der Waals surface area contributed by atoms with Crippen molar-refractivity contribution >= 4 is 24.2 Å². The first kappa shape index (κ1) is 19.3. The van der Waals surface area contributed by atoms with Gasteiger partial charge in [0.25, 0.3) is 5.91 Å². The second kappa shape index (κ2) is 10.1.